The van der Waals surface area contributed by atoms with E-state index < -0.39 is 0 Å². The van der Waals surface area contributed by atoms with Crippen LogP contribution in [-0.4, -0.2) is 9.97 Å². The van der Waals surface area contributed by atoms with Crippen LogP contribution in [0.1, 0.15) is 5.56 Å². The van der Waals surface area contributed by atoms with Gasteiger partial charge in [-0.15, -0.1) is 0 Å². The summed E-state index contributed by atoms with van der Waals surface area (Å²) < 4.78 is 0. The Kier molecular flexibility index (Phi) is 1.70. The predicted molar refractivity (Wildman–Crippen MR) is 52.5 cm³/mol. The minimum atomic E-state index is -0.111. The zero-order valence-corrected chi connectivity index (χ0v) is 6.95. The van der Waals surface area contributed by atoms with Gasteiger partial charge in [0.15, 0.2) is 0 Å². The van der Waals surface area contributed by atoms with Crippen molar-refractivity contribution in [3.05, 3.63) is 47.0 Å². The van der Waals surface area contributed by atoms with Gasteiger partial charge in [0.2, 0.25) is 0 Å². The number of nitrogens with one attached hydrogen (secondary N) is 1. The van der Waals surface area contributed by atoms with E-state index in [0.29, 0.717) is 10.9 Å². The first-order valence-corrected chi connectivity index (χ1v) is 3.91. The summed E-state index contributed by atoms with van der Waals surface area (Å²) in [5.41, 5.74) is 1.55. The second-order valence-electron chi connectivity index (χ2n) is 2.71. The van der Waals surface area contributed by atoms with Gasteiger partial charge in [0.25, 0.3) is 5.56 Å². The normalized spacial score (nSPS) is 10.2. The Balaban J connectivity index is 2.87. The molecule has 0 radical (unpaired) electrons. The molecule has 64 valence electrons. The fraction of sp³-hybridized carbons (Fsp3) is 0. The molecule has 1 aromatic carbocycles. The highest BCUT2D eigenvalue weighted by atomic mass is 16.1. The molecule has 0 amide bonds. The number of rotatable bonds is 1. The molecule has 3 heteroatoms. The molecule has 0 aliphatic carbocycles. The van der Waals surface area contributed by atoms with Crippen molar-refractivity contribution < 1.29 is 0 Å². The van der Waals surface area contributed by atoms with E-state index >= 15 is 0 Å². The lowest BCUT2D eigenvalue weighted by Gasteiger charge is -1.96. The van der Waals surface area contributed by atoms with Gasteiger partial charge in [-0.2, -0.15) is 0 Å². The number of benzene rings is 1. The predicted octanol–water partition coefficient (Wildman–Crippen LogP) is 1.57. The lowest BCUT2D eigenvalue weighted by atomic mass is 10.1. The van der Waals surface area contributed by atoms with Crippen molar-refractivity contribution >= 4 is 17.0 Å². The fourth-order valence-corrected chi connectivity index (χ4v) is 1.21. The number of nitrogens with zero attached hydrogens (tertiary/aromatic N) is 1. The van der Waals surface area contributed by atoms with Crippen molar-refractivity contribution in [2.24, 2.45) is 0 Å². The van der Waals surface area contributed by atoms with Crippen LogP contribution < -0.4 is 5.56 Å². The van der Waals surface area contributed by atoms with Crippen LogP contribution in [0.3, 0.4) is 0 Å². The molecule has 1 N–H and O–H groups in total. The maximum atomic E-state index is 11.3. The van der Waals surface area contributed by atoms with Gasteiger partial charge in [0, 0.05) is 0 Å². The van der Waals surface area contributed by atoms with E-state index in [0.717, 1.165) is 5.56 Å². The van der Waals surface area contributed by atoms with E-state index in [2.05, 4.69) is 16.5 Å². The van der Waals surface area contributed by atoms with Crippen molar-refractivity contribution in [1.82, 2.24) is 9.97 Å². The van der Waals surface area contributed by atoms with Crippen molar-refractivity contribution in [2.75, 3.05) is 0 Å². The first-order chi connectivity index (χ1) is 6.31. The Morgan fingerprint density at radius 2 is 2.31 bits per heavy atom. The molecule has 0 atom stereocenters. The summed E-state index contributed by atoms with van der Waals surface area (Å²) in [4.78, 5) is 17.8. The number of hydrogen-bond acceptors (Lipinski definition) is 2. The topological polar surface area (TPSA) is 45.8 Å². The highest BCUT2D eigenvalue weighted by Crippen LogP contribution is 2.09. The summed E-state index contributed by atoms with van der Waals surface area (Å²) in [5.74, 6) is 0. The summed E-state index contributed by atoms with van der Waals surface area (Å²) >= 11 is 0. The molecule has 0 bridgehead atoms. The third kappa shape index (κ3) is 1.24. The molecule has 0 saturated heterocycles. The van der Waals surface area contributed by atoms with E-state index in [9.17, 15) is 4.79 Å². The molecule has 3 nitrogen and oxygen atoms in total. The molecule has 2 rings (SSSR count). The van der Waals surface area contributed by atoms with Crippen molar-refractivity contribution in [2.45, 2.75) is 0 Å². The van der Waals surface area contributed by atoms with E-state index in [1.54, 1.807) is 12.1 Å². The van der Waals surface area contributed by atoms with Crippen molar-refractivity contribution in [3.8, 4) is 0 Å². The van der Waals surface area contributed by atoms with Gasteiger partial charge < -0.3 is 4.98 Å². The van der Waals surface area contributed by atoms with Crippen molar-refractivity contribution in [1.29, 1.82) is 0 Å². The summed E-state index contributed by atoms with van der Waals surface area (Å²) in [5, 5.41) is 0.605. The molecule has 0 unspecified atom stereocenters. The van der Waals surface area contributed by atoms with Crippen LogP contribution in [0, 0.1) is 0 Å². The van der Waals surface area contributed by atoms with Gasteiger partial charge in [-0.1, -0.05) is 18.7 Å². The Hall–Kier alpha value is -1.90. The van der Waals surface area contributed by atoms with Crippen LogP contribution in [0.5, 0.6) is 0 Å². The molecule has 0 aliphatic heterocycles. The fourth-order valence-electron chi connectivity index (χ4n) is 1.21. The molecular formula is C10H8N2O. The number of hydrogen-bond donors (Lipinski definition) is 1. The smallest absolute Gasteiger partial charge is 0.258 e. The van der Waals surface area contributed by atoms with E-state index in [4.69, 9.17) is 0 Å². The molecular weight excluding hydrogens is 164 g/mol. The third-order valence-electron chi connectivity index (χ3n) is 1.90. The zero-order valence-electron chi connectivity index (χ0n) is 6.95. The Morgan fingerprint density at radius 3 is 3.08 bits per heavy atom. The van der Waals surface area contributed by atoms with Crippen LogP contribution in [0.25, 0.3) is 17.0 Å². The largest absolute Gasteiger partial charge is 0.313 e. The van der Waals surface area contributed by atoms with Crippen molar-refractivity contribution in [3.63, 3.8) is 0 Å². The minimum absolute atomic E-state index is 0.111. The first-order valence-electron chi connectivity index (χ1n) is 3.91. The van der Waals surface area contributed by atoms with E-state index in [1.807, 2.05) is 12.1 Å². The molecule has 13 heavy (non-hydrogen) atoms. The Labute approximate surface area is 74.8 Å². The monoisotopic (exact) mass is 172 g/mol. The van der Waals surface area contributed by atoms with Crippen LogP contribution in [0.4, 0.5) is 0 Å². The molecule has 2 aromatic rings. The SMILES string of the molecule is C=Cc1ccc2c(=O)[nH]cnc2c1. The van der Waals surface area contributed by atoms with Gasteiger partial charge in [-0.05, 0) is 17.7 Å². The standard InChI is InChI=1S/C10H8N2O/c1-2-7-3-4-8-9(5-7)11-6-12-10(8)13/h2-6H,1H2,(H,11,12,13). The van der Waals surface area contributed by atoms with Crippen LogP contribution in [0.15, 0.2) is 35.9 Å². The summed E-state index contributed by atoms with van der Waals surface area (Å²) in [6, 6.07) is 5.42. The number of H-pyrrole nitrogens is 1. The quantitative estimate of drug-likeness (QED) is 0.709. The van der Waals surface area contributed by atoms with Gasteiger partial charge in [0.05, 0.1) is 17.2 Å². The maximum absolute atomic E-state index is 11.3. The first kappa shape index (κ1) is 7.73. The van der Waals surface area contributed by atoms with Gasteiger partial charge >= 0.3 is 0 Å². The minimum Gasteiger partial charge on any atom is -0.313 e. The van der Waals surface area contributed by atoms with E-state index in [1.165, 1.54) is 6.33 Å². The van der Waals surface area contributed by atoms with Crippen LogP contribution >= 0.6 is 0 Å². The average molecular weight is 172 g/mol. The average Bonchev–Trinajstić information content (AvgIpc) is 2.18. The summed E-state index contributed by atoms with van der Waals surface area (Å²) in [7, 11) is 0. The Morgan fingerprint density at radius 1 is 1.46 bits per heavy atom. The number of aromatic amines is 1. The third-order valence-corrected chi connectivity index (χ3v) is 1.90. The molecule has 0 fully saturated rings. The number of fused-ring (bicyclic) bond motifs is 1. The van der Waals surface area contributed by atoms with Crippen LogP contribution in [0.2, 0.25) is 0 Å². The molecule has 1 heterocycles. The van der Waals surface area contributed by atoms with Crippen LogP contribution in [-0.2, 0) is 0 Å². The second-order valence-corrected chi connectivity index (χ2v) is 2.71. The summed E-state index contributed by atoms with van der Waals surface area (Å²) in [6.45, 7) is 3.65. The Bertz CT molecular complexity index is 514. The second kappa shape index (κ2) is 2.86. The molecule has 1 aromatic heterocycles. The lowest BCUT2D eigenvalue weighted by molar-refractivity contribution is 1.17. The molecule has 0 aliphatic rings. The summed E-state index contributed by atoms with van der Waals surface area (Å²) in [6.07, 6.45) is 3.12. The number of aromatic nitrogens is 2. The maximum Gasteiger partial charge on any atom is 0.258 e. The van der Waals surface area contributed by atoms with Gasteiger partial charge in [0.1, 0.15) is 0 Å². The zero-order chi connectivity index (χ0) is 9.26. The molecule has 0 spiro atoms. The van der Waals surface area contributed by atoms with E-state index in [-0.39, 0.29) is 5.56 Å². The van der Waals surface area contributed by atoms with Gasteiger partial charge in [-0.3, -0.25) is 4.79 Å². The molecule has 0 saturated carbocycles. The lowest BCUT2D eigenvalue weighted by Crippen LogP contribution is -2.05. The highest BCUT2D eigenvalue weighted by molar-refractivity contribution is 5.79. The van der Waals surface area contributed by atoms with Gasteiger partial charge in [-0.25, -0.2) is 4.98 Å². The highest BCUT2D eigenvalue weighted by Gasteiger charge is 1.97.